The number of benzene rings is 1. The van der Waals surface area contributed by atoms with Crippen molar-refractivity contribution in [3.05, 3.63) is 64.7 Å². The number of nitrogens with zero attached hydrogens (tertiary/aromatic N) is 1. The van der Waals surface area contributed by atoms with E-state index in [1.54, 1.807) is 19.2 Å². The molecule has 0 bridgehead atoms. The average Bonchev–Trinajstić information content (AvgIpc) is 2.51. The van der Waals surface area contributed by atoms with E-state index in [2.05, 4.69) is 24.1 Å². The highest BCUT2D eigenvalue weighted by atomic mass is 19.1. The molecule has 0 amide bonds. The minimum Gasteiger partial charge on any atom is -0.306 e. The minimum atomic E-state index is -0.150. The van der Waals surface area contributed by atoms with E-state index in [-0.39, 0.29) is 11.9 Å². The minimum absolute atomic E-state index is 0.0120. The van der Waals surface area contributed by atoms with Crippen molar-refractivity contribution in [3.8, 4) is 0 Å². The molecule has 2 rings (SSSR count). The molecule has 0 saturated carbocycles. The fraction of sp³-hybridized carbons (Fsp3) is 0.389. The Labute approximate surface area is 126 Å². The third-order valence-corrected chi connectivity index (χ3v) is 3.76. The summed E-state index contributed by atoms with van der Waals surface area (Å²) in [6.45, 7) is 6.93. The molecule has 0 saturated heterocycles. The van der Waals surface area contributed by atoms with E-state index in [1.165, 1.54) is 11.1 Å². The quantitative estimate of drug-likeness (QED) is 0.861. The van der Waals surface area contributed by atoms with Gasteiger partial charge in [0.2, 0.25) is 0 Å². The zero-order valence-corrected chi connectivity index (χ0v) is 13.0. The number of aromatic nitrogens is 1. The largest absolute Gasteiger partial charge is 0.306 e. The molecule has 1 N–H and O–H groups in total. The predicted molar refractivity (Wildman–Crippen MR) is 84.9 cm³/mol. The molecule has 21 heavy (non-hydrogen) atoms. The maximum absolute atomic E-state index is 13.9. The monoisotopic (exact) mass is 286 g/mol. The summed E-state index contributed by atoms with van der Waals surface area (Å²) in [5.74, 6) is -0.150. The van der Waals surface area contributed by atoms with Crippen LogP contribution in [0.25, 0.3) is 0 Å². The maximum atomic E-state index is 13.9. The summed E-state index contributed by atoms with van der Waals surface area (Å²) >= 11 is 0. The fourth-order valence-electron chi connectivity index (χ4n) is 2.50. The zero-order chi connectivity index (χ0) is 15.2. The first kappa shape index (κ1) is 15.6. The number of pyridine rings is 1. The van der Waals surface area contributed by atoms with Crippen molar-refractivity contribution >= 4 is 0 Å². The van der Waals surface area contributed by atoms with Gasteiger partial charge in [-0.3, -0.25) is 4.98 Å². The van der Waals surface area contributed by atoms with Crippen LogP contribution in [0.3, 0.4) is 0 Å². The van der Waals surface area contributed by atoms with Crippen LogP contribution in [0, 0.1) is 12.7 Å². The number of hydrogen-bond donors (Lipinski definition) is 1. The number of hydrogen-bond acceptors (Lipinski definition) is 2. The third-order valence-electron chi connectivity index (χ3n) is 3.76. The summed E-state index contributed by atoms with van der Waals surface area (Å²) in [6, 6.07) is 7.54. The van der Waals surface area contributed by atoms with Gasteiger partial charge in [-0.15, -0.1) is 0 Å². The zero-order valence-electron chi connectivity index (χ0n) is 13.0. The lowest BCUT2D eigenvalue weighted by Crippen LogP contribution is -2.24. The Morgan fingerprint density at radius 2 is 2.05 bits per heavy atom. The van der Waals surface area contributed by atoms with E-state index >= 15 is 0 Å². The van der Waals surface area contributed by atoms with Crippen LogP contribution < -0.4 is 5.32 Å². The van der Waals surface area contributed by atoms with Gasteiger partial charge < -0.3 is 5.32 Å². The van der Waals surface area contributed by atoms with Gasteiger partial charge in [-0.05, 0) is 60.7 Å². The molecule has 1 aromatic heterocycles. The summed E-state index contributed by atoms with van der Waals surface area (Å²) < 4.78 is 13.9. The molecule has 0 spiro atoms. The first-order chi connectivity index (χ1) is 10.2. The SMILES string of the molecule is CCCNC(c1ccc(C)c(F)c1)c1ccncc1CC. The molecular formula is C18H23FN2. The van der Waals surface area contributed by atoms with Crippen LogP contribution in [-0.2, 0) is 6.42 Å². The van der Waals surface area contributed by atoms with E-state index in [9.17, 15) is 4.39 Å². The molecule has 1 heterocycles. The van der Waals surface area contributed by atoms with Gasteiger partial charge in [0.05, 0.1) is 6.04 Å². The molecule has 2 aromatic rings. The first-order valence-electron chi connectivity index (χ1n) is 7.59. The van der Waals surface area contributed by atoms with Gasteiger partial charge in [0.1, 0.15) is 5.82 Å². The van der Waals surface area contributed by atoms with Gasteiger partial charge in [-0.2, -0.15) is 0 Å². The number of halogens is 1. The molecule has 0 aliphatic heterocycles. The van der Waals surface area contributed by atoms with Crippen molar-refractivity contribution in [1.29, 1.82) is 0 Å². The lowest BCUT2D eigenvalue weighted by Gasteiger charge is -2.22. The van der Waals surface area contributed by atoms with Crippen molar-refractivity contribution in [2.45, 2.75) is 39.7 Å². The highest BCUT2D eigenvalue weighted by molar-refractivity contribution is 5.37. The van der Waals surface area contributed by atoms with E-state index in [0.717, 1.165) is 24.9 Å². The van der Waals surface area contributed by atoms with Crippen molar-refractivity contribution < 1.29 is 4.39 Å². The molecule has 1 unspecified atom stereocenters. The van der Waals surface area contributed by atoms with Crippen LogP contribution in [0.4, 0.5) is 4.39 Å². The predicted octanol–water partition coefficient (Wildman–Crippen LogP) is 4.18. The average molecular weight is 286 g/mol. The summed E-state index contributed by atoms with van der Waals surface area (Å²) in [4.78, 5) is 4.20. The normalized spacial score (nSPS) is 12.4. The highest BCUT2D eigenvalue weighted by Crippen LogP contribution is 2.26. The Kier molecular flexibility index (Phi) is 5.45. The summed E-state index contributed by atoms with van der Waals surface area (Å²) in [5, 5.41) is 3.53. The smallest absolute Gasteiger partial charge is 0.126 e. The molecule has 112 valence electrons. The second kappa shape index (κ2) is 7.32. The number of nitrogens with one attached hydrogen (secondary N) is 1. The lowest BCUT2D eigenvalue weighted by molar-refractivity contribution is 0.579. The molecule has 1 atom stereocenters. The topological polar surface area (TPSA) is 24.9 Å². The molecule has 0 aliphatic carbocycles. The molecule has 0 radical (unpaired) electrons. The Morgan fingerprint density at radius 3 is 2.71 bits per heavy atom. The second-order valence-electron chi connectivity index (χ2n) is 5.32. The van der Waals surface area contributed by atoms with E-state index in [4.69, 9.17) is 0 Å². The standard InChI is InChI=1S/C18H23FN2/c1-4-9-21-18(15-7-6-13(3)17(19)11-15)16-8-10-20-12-14(16)5-2/h6-8,10-12,18,21H,4-5,9H2,1-3H3. The highest BCUT2D eigenvalue weighted by Gasteiger charge is 2.17. The van der Waals surface area contributed by atoms with Gasteiger partial charge in [-0.25, -0.2) is 4.39 Å². The lowest BCUT2D eigenvalue weighted by atomic mass is 9.94. The fourth-order valence-corrected chi connectivity index (χ4v) is 2.50. The van der Waals surface area contributed by atoms with Gasteiger partial charge >= 0.3 is 0 Å². The van der Waals surface area contributed by atoms with Crippen LogP contribution >= 0.6 is 0 Å². The Bertz CT molecular complexity index is 596. The van der Waals surface area contributed by atoms with Crippen molar-refractivity contribution in [2.24, 2.45) is 0 Å². The molecule has 1 aromatic carbocycles. The molecule has 2 nitrogen and oxygen atoms in total. The Hall–Kier alpha value is -1.74. The number of rotatable bonds is 6. The number of aryl methyl sites for hydroxylation is 2. The molecule has 3 heteroatoms. The van der Waals surface area contributed by atoms with Crippen LogP contribution in [0.2, 0.25) is 0 Å². The van der Waals surface area contributed by atoms with Crippen LogP contribution in [0.1, 0.15) is 48.6 Å². The van der Waals surface area contributed by atoms with Gasteiger partial charge in [0, 0.05) is 12.4 Å². The molecule has 0 fully saturated rings. The maximum Gasteiger partial charge on any atom is 0.126 e. The van der Waals surface area contributed by atoms with Crippen LogP contribution in [0.15, 0.2) is 36.7 Å². The summed E-state index contributed by atoms with van der Waals surface area (Å²) in [5.41, 5.74) is 4.03. The summed E-state index contributed by atoms with van der Waals surface area (Å²) in [6.07, 6.45) is 5.67. The Balaban J connectivity index is 2.44. The van der Waals surface area contributed by atoms with Gasteiger partial charge in [-0.1, -0.05) is 26.0 Å². The van der Waals surface area contributed by atoms with E-state index < -0.39 is 0 Å². The Morgan fingerprint density at radius 1 is 1.24 bits per heavy atom. The van der Waals surface area contributed by atoms with Crippen molar-refractivity contribution in [3.63, 3.8) is 0 Å². The van der Waals surface area contributed by atoms with Crippen molar-refractivity contribution in [2.75, 3.05) is 6.54 Å². The van der Waals surface area contributed by atoms with Crippen LogP contribution in [0.5, 0.6) is 0 Å². The van der Waals surface area contributed by atoms with E-state index in [0.29, 0.717) is 5.56 Å². The second-order valence-corrected chi connectivity index (χ2v) is 5.32. The van der Waals surface area contributed by atoms with Gasteiger partial charge in [0.25, 0.3) is 0 Å². The van der Waals surface area contributed by atoms with Crippen LogP contribution in [-0.4, -0.2) is 11.5 Å². The van der Waals surface area contributed by atoms with Gasteiger partial charge in [0.15, 0.2) is 0 Å². The third kappa shape index (κ3) is 3.67. The molecule has 0 aliphatic rings. The van der Waals surface area contributed by atoms with E-state index in [1.807, 2.05) is 24.4 Å². The van der Waals surface area contributed by atoms with Crippen molar-refractivity contribution in [1.82, 2.24) is 10.3 Å². The molecular weight excluding hydrogens is 263 g/mol. The summed E-state index contributed by atoms with van der Waals surface area (Å²) in [7, 11) is 0. The first-order valence-corrected chi connectivity index (χ1v) is 7.59.